The average Bonchev–Trinajstić information content (AvgIpc) is 2.00. The van der Waals surface area contributed by atoms with E-state index < -0.39 is 6.17 Å². The number of rotatable bonds is 5. The molecule has 0 bridgehead atoms. The van der Waals surface area contributed by atoms with Crippen molar-refractivity contribution in [3.05, 3.63) is 0 Å². The molecule has 0 spiro atoms. The normalized spacial score (nSPS) is 19.2. The number of halogens is 1. The second kappa shape index (κ2) is 5.55. The van der Waals surface area contributed by atoms with Crippen molar-refractivity contribution in [2.75, 3.05) is 0 Å². The molecule has 0 aromatic heterocycles. The van der Waals surface area contributed by atoms with Gasteiger partial charge in [-0.15, -0.1) is 0 Å². The molecular formula is C11H23F. The Morgan fingerprint density at radius 2 is 1.50 bits per heavy atom. The van der Waals surface area contributed by atoms with Crippen LogP contribution < -0.4 is 0 Å². The largest absolute Gasteiger partial charge is 0.247 e. The van der Waals surface area contributed by atoms with Gasteiger partial charge in [0.25, 0.3) is 0 Å². The van der Waals surface area contributed by atoms with Crippen molar-refractivity contribution >= 4 is 0 Å². The fraction of sp³-hybridized carbons (Fsp3) is 1.00. The van der Waals surface area contributed by atoms with Crippen molar-refractivity contribution in [3.63, 3.8) is 0 Å². The third kappa shape index (κ3) is 4.08. The summed E-state index contributed by atoms with van der Waals surface area (Å²) in [6.45, 7) is 10.4. The summed E-state index contributed by atoms with van der Waals surface area (Å²) in [5, 5.41) is 0. The minimum atomic E-state index is -0.614. The van der Waals surface area contributed by atoms with Crippen molar-refractivity contribution < 1.29 is 4.39 Å². The maximum atomic E-state index is 13.6. The van der Waals surface area contributed by atoms with Gasteiger partial charge in [-0.3, -0.25) is 0 Å². The summed E-state index contributed by atoms with van der Waals surface area (Å²) in [6, 6.07) is 0. The second-order valence-electron chi connectivity index (χ2n) is 4.44. The lowest BCUT2D eigenvalue weighted by atomic mass is 9.87. The first-order chi connectivity index (χ1) is 5.49. The van der Waals surface area contributed by atoms with Gasteiger partial charge in [-0.05, 0) is 24.2 Å². The van der Waals surface area contributed by atoms with Gasteiger partial charge < -0.3 is 0 Å². The van der Waals surface area contributed by atoms with Crippen LogP contribution in [0.2, 0.25) is 0 Å². The van der Waals surface area contributed by atoms with Crippen molar-refractivity contribution in [2.24, 2.45) is 17.8 Å². The van der Waals surface area contributed by atoms with Gasteiger partial charge in [0.05, 0.1) is 0 Å². The van der Waals surface area contributed by atoms with Crippen molar-refractivity contribution in [3.8, 4) is 0 Å². The lowest BCUT2D eigenvalue weighted by Gasteiger charge is -2.23. The zero-order valence-electron chi connectivity index (χ0n) is 9.10. The predicted molar refractivity (Wildman–Crippen MR) is 53.0 cm³/mol. The minimum absolute atomic E-state index is 0.221. The van der Waals surface area contributed by atoms with E-state index in [1.165, 1.54) is 0 Å². The standard InChI is InChI=1S/C11H23F/c1-6-9(4)11(12)10(5)7-8(2)3/h8-11H,6-7H2,1-5H3/t9-,10?,11-/m0/s1. The van der Waals surface area contributed by atoms with Crippen LogP contribution in [0, 0.1) is 17.8 Å². The van der Waals surface area contributed by atoms with E-state index in [9.17, 15) is 4.39 Å². The van der Waals surface area contributed by atoms with Crippen molar-refractivity contribution in [2.45, 2.75) is 53.6 Å². The van der Waals surface area contributed by atoms with Gasteiger partial charge in [-0.2, -0.15) is 0 Å². The van der Waals surface area contributed by atoms with Crippen LogP contribution in [0.1, 0.15) is 47.5 Å². The molecule has 0 aromatic rings. The van der Waals surface area contributed by atoms with Gasteiger partial charge in [-0.25, -0.2) is 4.39 Å². The van der Waals surface area contributed by atoms with Gasteiger partial charge in [0.2, 0.25) is 0 Å². The smallest absolute Gasteiger partial charge is 0.105 e. The highest BCUT2D eigenvalue weighted by molar-refractivity contribution is 4.71. The highest BCUT2D eigenvalue weighted by atomic mass is 19.1. The Hall–Kier alpha value is -0.0700. The summed E-state index contributed by atoms with van der Waals surface area (Å²) in [7, 11) is 0. The van der Waals surface area contributed by atoms with Crippen molar-refractivity contribution in [1.82, 2.24) is 0 Å². The van der Waals surface area contributed by atoms with E-state index in [1.807, 2.05) is 13.8 Å². The van der Waals surface area contributed by atoms with E-state index in [1.54, 1.807) is 0 Å². The molecule has 74 valence electrons. The third-order valence-electron chi connectivity index (χ3n) is 2.57. The first-order valence-electron chi connectivity index (χ1n) is 5.13. The summed E-state index contributed by atoms with van der Waals surface area (Å²) in [5.41, 5.74) is 0. The lowest BCUT2D eigenvalue weighted by molar-refractivity contribution is 0.149. The maximum Gasteiger partial charge on any atom is 0.105 e. The van der Waals surface area contributed by atoms with Crippen LogP contribution in [0.25, 0.3) is 0 Å². The Labute approximate surface area is 76.6 Å². The van der Waals surface area contributed by atoms with E-state index in [0.29, 0.717) is 5.92 Å². The Morgan fingerprint density at radius 1 is 1.00 bits per heavy atom. The monoisotopic (exact) mass is 174 g/mol. The van der Waals surface area contributed by atoms with E-state index >= 15 is 0 Å². The van der Waals surface area contributed by atoms with Crippen LogP contribution >= 0.6 is 0 Å². The lowest BCUT2D eigenvalue weighted by Crippen LogP contribution is -2.21. The fourth-order valence-electron chi connectivity index (χ4n) is 1.66. The van der Waals surface area contributed by atoms with Gasteiger partial charge >= 0.3 is 0 Å². The molecule has 0 N–H and O–H groups in total. The molecule has 3 atom stereocenters. The molecule has 0 fully saturated rings. The molecular weight excluding hydrogens is 151 g/mol. The van der Waals surface area contributed by atoms with E-state index in [2.05, 4.69) is 20.8 Å². The third-order valence-corrected chi connectivity index (χ3v) is 2.57. The minimum Gasteiger partial charge on any atom is -0.247 e. The SMILES string of the molecule is CC[C@H](C)[C@H](F)C(C)CC(C)C. The van der Waals surface area contributed by atoms with E-state index in [0.717, 1.165) is 12.8 Å². The van der Waals surface area contributed by atoms with Crippen LogP contribution in [0.15, 0.2) is 0 Å². The van der Waals surface area contributed by atoms with E-state index in [-0.39, 0.29) is 11.8 Å². The highest BCUT2D eigenvalue weighted by Crippen LogP contribution is 2.24. The molecule has 0 heterocycles. The molecule has 0 aromatic carbocycles. The molecule has 0 aliphatic rings. The molecule has 1 heteroatoms. The second-order valence-corrected chi connectivity index (χ2v) is 4.44. The van der Waals surface area contributed by atoms with Gasteiger partial charge in [0, 0.05) is 0 Å². The zero-order chi connectivity index (χ0) is 9.72. The molecule has 0 saturated carbocycles. The molecule has 0 saturated heterocycles. The molecule has 0 aliphatic carbocycles. The van der Waals surface area contributed by atoms with Gasteiger partial charge in [0.1, 0.15) is 6.17 Å². The van der Waals surface area contributed by atoms with Crippen LogP contribution in [-0.4, -0.2) is 6.17 Å². The molecule has 0 rings (SSSR count). The summed E-state index contributed by atoms with van der Waals surface area (Å²) < 4.78 is 13.6. The predicted octanol–water partition coefficient (Wildman–Crippen LogP) is 4.05. The topological polar surface area (TPSA) is 0 Å². The number of alkyl halides is 1. The summed E-state index contributed by atoms with van der Waals surface area (Å²) >= 11 is 0. The van der Waals surface area contributed by atoms with E-state index in [4.69, 9.17) is 0 Å². The zero-order valence-corrected chi connectivity index (χ0v) is 9.10. The molecule has 1 unspecified atom stereocenters. The molecule has 0 nitrogen and oxygen atoms in total. The fourth-order valence-corrected chi connectivity index (χ4v) is 1.66. The average molecular weight is 174 g/mol. The highest BCUT2D eigenvalue weighted by Gasteiger charge is 2.22. The number of hydrogen-bond donors (Lipinski definition) is 0. The number of hydrogen-bond acceptors (Lipinski definition) is 0. The summed E-state index contributed by atoms with van der Waals surface area (Å²) in [6.07, 6.45) is 1.34. The Balaban J connectivity index is 3.83. The van der Waals surface area contributed by atoms with Gasteiger partial charge in [-0.1, -0.05) is 41.0 Å². The maximum absolute atomic E-state index is 13.6. The first kappa shape index (κ1) is 11.9. The van der Waals surface area contributed by atoms with Crippen LogP contribution in [0.4, 0.5) is 4.39 Å². The molecule has 0 amide bonds. The molecule has 0 aliphatic heterocycles. The molecule has 0 radical (unpaired) electrons. The Bertz CT molecular complexity index is 110. The molecule has 12 heavy (non-hydrogen) atoms. The summed E-state index contributed by atoms with van der Waals surface area (Å²) in [5.74, 6) is 1.06. The quantitative estimate of drug-likeness (QED) is 0.589. The Kier molecular flexibility index (Phi) is 5.52. The Morgan fingerprint density at radius 3 is 1.83 bits per heavy atom. The summed E-state index contributed by atoms with van der Waals surface area (Å²) in [4.78, 5) is 0. The van der Waals surface area contributed by atoms with Crippen LogP contribution in [0.3, 0.4) is 0 Å². The van der Waals surface area contributed by atoms with Gasteiger partial charge in [0.15, 0.2) is 0 Å². The first-order valence-corrected chi connectivity index (χ1v) is 5.13. The van der Waals surface area contributed by atoms with Crippen molar-refractivity contribution in [1.29, 1.82) is 0 Å². The van der Waals surface area contributed by atoms with Crippen LogP contribution in [-0.2, 0) is 0 Å². The van der Waals surface area contributed by atoms with Crippen LogP contribution in [0.5, 0.6) is 0 Å².